The topological polar surface area (TPSA) is 61.9 Å². The number of aryl methyl sites for hydroxylation is 1. The first-order chi connectivity index (χ1) is 14.5. The van der Waals surface area contributed by atoms with Crippen LogP contribution in [0.15, 0.2) is 42.5 Å². The highest BCUT2D eigenvalue weighted by Gasteiger charge is 2.20. The van der Waals surface area contributed by atoms with E-state index in [0.29, 0.717) is 6.42 Å². The normalized spacial score (nSPS) is 13.8. The lowest BCUT2D eigenvalue weighted by atomic mass is 10.1. The third-order valence-corrected chi connectivity index (χ3v) is 5.53. The molecule has 2 amide bonds. The second-order valence-electron chi connectivity index (χ2n) is 7.70. The van der Waals surface area contributed by atoms with E-state index in [1.54, 1.807) is 0 Å². The van der Waals surface area contributed by atoms with Crippen molar-refractivity contribution < 1.29 is 14.3 Å². The lowest BCUT2D eigenvalue weighted by Gasteiger charge is -2.36. The molecule has 2 aromatic rings. The minimum Gasteiger partial charge on any atom is -0.483 e. The predicted octanol–water partition coefficient (Wildman–Crippen LogP) is 3.77. The minimum absolute atomic E-state index is 0.0280. The molecular formula is C24H31N3O3. The van der Waals surface area contributed by atoms with Gasteiger partial charge in [-0.3, -0.25) is 9.59 Å². The van der Waals surface area contributed by atoms with E-state index in [9.17, 15) is 9.59 Å². The third kappa shape index (κ3) is 5.53. The first-order valence-electron chi connectivity index (χ1n) is 10.6. The summed E-state index contributed by atoms with van der Waals surface area (Å²) in [7, 11) is 0. The van der Waals surface area contributed by atoms with Gasteiger partial charge in [-0.1, -0.05) is 19.1 Å². The molecule has 0 radical (unpaired) electrons. The van der Waals surface area contributed by atoms with Crippen molar-refractivity contribution in [3.8, 4) is 5.75 Å². The summed E-state index contributed by atoms with van der Waals surface area (Å²) in [6.07, 6.45) is 1.52. The molecule has 0 unspecified atom stereocenters. The van der Waals surface area contributed by atoms with E-state index < -0.39 is 0 Å². The van der Waals surface area contributed by atoms with Gasteiger partial charge in [-0.15, -0.1) is 0 Å². The van der Waals surface area contributed by atoms with Crippen molar-refractivity contribution in [2.45, 2.75) is 33.6 Å². The third-order valence-electron chi connectivity index (χ3n) is 5.53. The van der Waals surface area contributed by atoms with Gasteiger partial charge in [0.2, 0.25) is 5.91 Å². The van der Waals surface area contributed by atoms with Gasteiger partial charge in [0, 0.05) is 44.0 Å². The molecule has 0 saturated carbocycles. The highest BCUT2D eigenvalue weighted by Crippen LogP contribution is 2.22. The van der Waals surface area contributed by atoms with Crippen LogP contribution in [0.2, 0.25) is 0 Å². The molecule has 1 saturated heterocycles. The number of anilines is 2. The molecule has 1 aliphatic heterocycles. The zero-order valence-corrected chi connectivity index (χ0v) is 18.1. The molecule has 1 aliphatic rings. The van der Waals surface area contributed by atoms with Gasteiger partial charge < -0.3 is 19.9 Å². The summed E-state index contributed by atoms with van der Waals surface area (Å²) in [6.45, 7) is 9.17. The Balaban J connectivity index is 1.48. The van der Waals surface area contributed by atoms with E-state index in [2.05, 4.69) is 10.2 Å². The maximum atomic E-state index is 12.2. The number of hydrogen-bond donors (Lipinski definition) is 1. The fraction of sp³-hybridized carbons (Fsp3) is 0.417. The standard InChI is InChI=1S/C24H31N3O3/c1-4-6-24(29)27-15-13-26(14-16-27)21-11-9-20(10-12-21)25-23(28)17-30-22-8-5-7-18(2)19(22)3/h5,7-12H,4,6,13-17H2,1-3H3,(H,25,28). The fourth-order valence-electron chi connectivity index (χ4n) is 3.56. The molecule has 160 valence electrons. The number of carbonyl (C=O) groups excluding carboxylic acids is 2. The average molecular weight is 410 g/mol. The Morgan fingerprint density at radius 2 is 1.70 bits per heavy atom. The Hall–Kier alpha value is -3.02. The summed E-state index contributed by atoms with van der Waals surface area (Å²) in [5.41, 5.74) is 4.03. The molecule has 0 bridgehead atoms. The summed E-state index contributed by atoms with van der Waals surface area (Å²) in [4.78, 5) is 28.5. The summed E-state index contributed by atoms with van der Waals surface area (Å²) < 4.78 is 5.66. The Labute approximate surface area is 178 Å². The number of benzene rings is 2. The molecule has 0 spiro atoms. The fourth-order valence-corrected chi connectivity index (χ4v) is 3.56. The van der Waals surface area contributed by atoms with Crippen molar-refractivity contribution in [3.63, 3.8) is 0 Å². The molecule has 1 fully saturated rings. The van der Waals surface area contributed by atoms with Gasteiger partial charge >= 0.3 is 0 Å². The molecule has 0 atom stereocenters. The van der Waals surface area contributed by atoms with Crippen LogP contribution in [0.5, 0.6) is 5.75 Å². The molecule has 30 heavy (non-hydrogen) atoms. The van der Waals surface area contributed by atoms with Crippen LogP contribution in [-0.2, 0) is 9.59 Å². The maximum Gasteiger partial charge on any atom is 0.262 e. The van der Waals surface area contributed by atoms with Crippen molar-refractivity contribution in [2.24, 2.45) is 0 Å². The Morgan fingerprint density at radius 1 is 1.00 bits per heavy atom. The highest BCUT2D eigenvalue weighted by molar-refractivity contribution is 5.92. The summed E-state index contributed by atoms with van der Waals surface area (Å²) in [5.74, 6) is 0.794. The van der Waals surface area contributed by atoms with Gasteiger partial charge in [-0.05, 0) is 61.7 Å². The van der Waals surface area contributed by atoms with Crippen LogP contribution in [0, 0.1) is 13.8 Å². The molecule has 1 heterocycles. The zero-order chi connectivity index (χ0) is 21.5. The van der Waals surface area contributed by atoms with Gasteiger partial charge in [-0.2, -0.15) is 0 Å². The first kappa shape index (κ1) is 21.7. The number of rotatable bonds is 7. The van der Waals surface area contributed by atoms with Gasteiger partial charge in [-0.25, -0.2) is 0 Å². The molecular weight excluding hydrogens is 378 g/mol. The van der Waals surface area contributed by atoms with Crippen molar-refractivity contribution in [2.75, 3.05) is 43.0 Å². The Bertz CT molecular complexity index is 872. The lowest BCUT2D eigenvalue weighted by molar-refractivity contribution is -0.131. The smallest absolute Gasteiger partial charge is 0.262 e. The molecule has 0 aromatic heterocycles. The van der Waals surface area contributed by atoms with Crippen molar-refractivity contribution in [3.05, 3.63) is 53.6 Å². The second kappa shape index (κ2) is 10.1. The quantitative estimate of drug-likeness (QED) is 0.756. The number of nitrogens with one attached hydrogen (secondary N) is 1. The minimum atomic E-state index is -0.188. The Morgan fingerprint density at radius 3 is 2.37 bits per heavy atom. The van der Waals surface area contributed by atoms with E-state index in [1.165, 1.54) is 0 Å². The average Bonchev–Trinajstić information content (AvgIpc) is 2.75. The lowest BCUT2D eigenvalue weighted by Crippen LogP contribution is -2.48. The van der Waals surface area contributed by atoms with Crippen molar-refractivity contribution in [1.82, 2.24) is 4.90 Å². The highest BCUT2D eigenvalue weighted by atomic mass is 16.5. The summed E-state index contributed by atoms with van der Waals surface area (Å²) >= 11 is 0. The predicted molar refractivity (Wildman–Crippen MR) is 120 cm³/mol. The number of nitrogens with zero attached hydrogens (tertiary/aromatic N) is 2. The second-order valence-corrected chi connectivity index (χ2v) is 7.70. The number of carbonyl (C=O) groups is 2. The molecule has 6 heteroatoms. The molecule has 3 rings (SSSR count). The van der Waals surface area contributed by atoms with Crippen molar-refractivity contribution >= 4 is 23.2 Å². The monoisotopic (exact) mass is 409 g/mol. The Kier molecular flexibility index (Phi) is 7.33. The number of amides is 2. The van der Waals surface area contributed by atoms with E-state index in [0.717, 1.165) is 60.9 Å². The van der Waals surface area contributed by atoms with Crippen LogP contribution < -0.4 is 15.0 Å². The van der Waals surface area contributed by atoms with Gasteiger partial charge in [0.15, 0.2) is 6.61 Å². The largest absolute Gasteiger partial charge is 0.483 e. The number of hydrogen-bond acceptors (Lipinski definition) is 4. The zero-order valence-electron chi connectivity index (χ0n) is 18.1. The van der Waals surface area contributed by atoms with E-state index in [-0.39, 0.29) is 18.4 Å². The van der Waals surface area contributed by atoms with Crippen LogP contribution in [0.25, 0.3) is 0 Å². The van der Waals surface area contributed by atoms with E-state index in [4.69, 9.17) is 4.74 Å². The molecule has 1 N–H and O–H groups in total. The van der Waals surface area contributed by atoms with Crippen molar-refractivity contribution in [1.29, 1.82) is 0 Å². The van der Waals surface area contributed by atoms with Gasteiger partial charge in [0.25, 0.3) is 5.91 Å². The van der Waals surface area contributed by atoms with Crippen LogP contribution in [-0.4, -0.2) is 49.5 Å². The van der Waals surface area contributed by atoms with E-state index >= 15 is 0 Å². The maximum absolute atomic E-state index is 12.2. The first-order valence-corrected chi connectivity index (χ1v) is 10.6. The molecule has 0 aliphatic carbocycles. The SMILES string of the molecule is CCCC(=O)N1CCN(c2ccc(NC(=O)COc3cccc(C)c3C)cc2)CC1. The van der Waals surface area contributed by atoms with Gasteiger partial charge in [0.05, 0.1) is 0 Å². The summed E-state index contributed by atoms with van der Waals surface area (Å²) in [5, 5.41) is 2.88. The van der Waals surface area contributed by atoms with Crippen LogP contribution in [0.4, 0.5) is 11.4 Å². The van der Waals surface area contributed by atoms with Crippen LogP contribution in [0.3, 0.4) is 0 Å². The molecule has 6 nitrogen and oxygen atoms in total. The summed E-state index contributed by atoms with van der Waals surface area (Å²) in [6, 6.07) is 13.6. The van der Waals surface area contributed by atoms with Crippen LogP contribution in [0.1, 0.15) is 30.9 Å². The molecule has 2 aromatic carbocycles. The number of piperazine rings is 1. The van der Waals surface area contributed by atoms with E-state index in [1.807, 2.05) is 68.1 Å². The number of ether oxygens (including phenoxy) is 1. The van der Waals surface area contributed by atoms with Crippen LogP contribution >= 0.6 is 0 Å². The van der Waals surface area contributed by atoms with Gasteiger partial charge in [0.1, 0.15) is 5.75 Å².